The van der Waals surface area contributed by atoms with Crippen LogP contribution in [0, 0.1) is 5.92 Å². The predicted octanol–water partition coefficient (Wildman–Crippen LogP) is 2.18. The highest BCUT2D eigenvalue weighted by Gasteiger charge is 2.27. The Morgan fingerprint density at radius 2 is 1.77 bits per heavy atom. The van der Waals surface area contributed by atoms with E-state index in [4.69, 9.17) is 16.7 Å². The summed E-state index contributed by atoms with van der Waals surface area (Å²) in [7, 11) is 1.75. The molecule has 0 aliphatic carbocycles. The number of aliphatic carboxylic acids is 1. The van der Waals surface area contributed by atoms with Gasteiger partial charge in [0.25, 0.3) is 5.91 Å². The lowest BCUT2D eigenvalue weighted by atomic mass is 10.0. The number of halogens is 1. The summed E-state index contributed by atoms with van der Waals surface area (Å²) in [5, 5.41) is 15.6. The molecule has 2 unspecified atom stereocenters. The number of hydrogen-bond donors (Lipinski definition) is 3. The molecule has 1 aromatic carbocycles. The van der Waals surface area contributed by atoms with Gasteiger partial charge < -0.3 is 20.3 Å². The predicted molar refractivity (Wildman–Crippen MR) is 99.3 cm³/mol. The van der Waals surface area contributed by atoms with Crippen molar-refractivity contribution in [3.8, 4) is 0 Å². The fourth-order valence-electron chi connectivity index (χ4n) is 2.67. The topological polar surface area (TPSA) is 100 Å². The van der Waals surface area contributed by atoms with Gasteiger partial charge in [-0.15, -0.1) is 0 Å². The number of aryl methyl sites for hydroxylation is 1. The average molecular weight is 380 g/mol. The SMILES string of the molecule is CC(NC(=O)c1cc2cc(Cl)ccc2n1C)C(=O)NC(C(=O)O)C(C)C. The molecule has 2 rings (SSSR count). The second kappa shape index (κ2) is 7.78. The molecular formula is C18H22ClN3O4. The Hall–Kier alpha value is -2.54. The van der Waals surface area contributed by atoms with Crippen molar-refractivity contribution in [2.24, 2.45) is 13.0 Å². The van der Waals surface area contributed by atoms with Crippen LogP contribution in [0.1, 0.15) is 31.3 Å². The van der Waals surface area contributed by atoms with Crippen LogP contribution >= 0.6 is 11.6 Å². The molecule has 2 atom stereocenters. The number of amides is 2. The number of fused-ring (bicyclic) bond motifs is 1. The molecule has 0 saturated carbocycles. The van der Waals surface area contributed by atoms with Crippen molar-refractivity contribution in [3.63, 3.8) is 0 Å². The maximum Gasteiger partial charge on any atom is 0.326 e. The molecule has 26 heavy (non-hydrogen) atoms. The van der Waals surface area contributed by atoms with Crippen molar-refractivity contribution in [1.82, 2.24) is 15.2 Å². The summed E-state index contributed by atoms with van der Waals surface area (Å²) < 4.78 is 1.71. The van der Waals surface area contributed by atoms with E-state index in [9.17, 15) is 14.4 Å². The summed E-state index contributed by atoms with van der Waals surface area (Å²) in [4.78, 5) is 35.9. The second-order valence-electron chi connectivity index (χ2n) is 6.56. The van der Waals surface area contributed by atoms with Crippen LogP contribution in [0.2, 0.25) is 5.02 Å². The van der Waals surface area contributed by atoms with Crippen molar-refractivity contribution >= 4 is 40.3 Å². The van der Waals surface area contributed by atoms with Gasteiger partial charge in [-0.2, -0.15) is 0 Å². The van der Waals surface area contributed by atoms with Crippen LogP contribution in [0.15, 0.2) is 24.3 Å². The highest BCUT2D eigenvalue weighted by atomic mass is 35.5. The molecule has 0 radical (unpaired) electrons. The van der Waals surface area contributed by atoms with E-state index in [0.717, 1.165) is 10.9 Å². The van der Waals surface area contributed by atoms with Crippen molar-refractivity contribution in [1.29, 1.82) is 0 Å². The molecule has 7 nitrogen and oxygen atoms in total. The van der Waals surface area contributed by atoms with Crippen molar-refractivity contribution in [2.75, 3.05) is 0 Å². The van der Waals surface area contributed by atoms with E-state index >= 15 is 0 Å². The number of hydrogen-bond acceptors (Lipinski definition) is 3. The minimum Gasteiger partial charge on any atom is -0.480 e. The van der Waals surface area contributed by atoms with Gasteiger partial charge in [-0.1, -0.05) is 25.4 Å². The van der Waals surface area contributed by atoms with E-state index in [-0.39, 0.29) is 5.92 Å². The lowest BCUT2D eigenvalue weighted by molar-refractivity contribution is -0.143. The second-order valence-corrected chi connectivity index (χ2v) is 6.99. The Bertz CT molecular complexity index is 859. The van der Waals surface area contributed by atoms with Gasteiger partial charge in [-0.05, 0) is 37.1 Å². The van der Waals surface area contributed by atoms with Gasteiger partial charge in [0.2, 0.25) is 5.91 Å². The zero-order chi connectivity index (χ0) is 19.6. The van der Waals surface area contributed by atoms with E-state index in [1.807, 2.05) is 6.07 Å². The first-order valence-electron chi connectivity index (χ1n) is 8.20. The summed E-state index contributed by atoms with van der Waals surface area (Å²) in [5.41, 5.74) is 1.21. The summed E-state index contributed by atoms with van der Waals surface area (Å²) in [5.74, 6) is -2.38. The quantitative estimate of drug-likeness (QED) is 0.716. The molecule has 0 bridgehead atoms. The minimum absolute atomic E-state index is 0.276. The summed E-state index contributed by atoms with van der Waals surface area (Å²) >= 11 is 5.97. The van der Waals surface area contributed by atoms with Crippen LogP contribution in [-0.2, 0) is 16.6 Å². The van der Waals surface area contributed by atoms with E-state index in [0.29, 0.717) is 10.7 Å². The number of nitrogens with one attached hydrogen (secondary N) is 2. The number of carboxylic acid groups (broad SMARTS) is 1. The molecule has 0 saturated heterocycles. The molecule has 2 aromatic rings. The Balaban J connectivity index is 2.12. The number of carbonyl (C=O) groups excluding carboxylic acids is 2. The monoisotopic (exact) mass is 379 g/mol. The molecule has 2 amide bonds. The Morgan fingerprint density at radius 1 is 1.12 bits per heavy atom. The third-order valence-corrected chi connectivity index (χ3v) is 4.44. The number of benzene rings is 1. The van der Waals surface area contributed by atoms with Gasteiger partial charge in [-0.25, -0.2) is 4.79 Å². The van der Waals surface area contributed by atoms with E-state index < -0.39 is 29.9 Å². The van der Waals surface area contributed by atoms with Gasteiger partial charge in [0.15, 0.2) is 0 Å². The third kappa shape index (κ3) is 4.16. The number of carbonyl (C=O) groups is 3. The van der Waals surface area contributed by atoms with Crippen LogP contribution < -0.4 is 10.6 Å². The lowest BCUT2D eigenvalue weighted by Crippen LogP contribution is -2.52. The minimum atomic E-state index is -1.11. The number of rotatable bonds is 6. The first kappa shape index (κ1) is 19.8. The van der Waals surface area contributed by atoms with Gasteiger partial charge >= 0.3 is 5.97 Å². The van der Waals surface area contributed by atoms with E-state index in [1.165, 1.54) is 6.92 Å². The maximum atomic E-state index is 12.5. The number of nitrogens with zero attached hydrogens (tertiary/aromatic N) is 1. The zero-order valence-corrected chi connectivity index (χ0v) is 15.8. The molecule has 140 valence electrons. The van der Waals surface area contributed by atoms with Crippen LogP contribution in [0.5, 0.6) is 0 Å². The molecule has 0 spiro atoms. The van der Waals surface area contributed by atoms with Gasteiger partial charge in [0, 0.05) is 23.0 Å². The molecule has 8 heteroatoms. The summed E-state index contributed by atoms with van der Waals surface area (Å²) in [6, 6.07) is 5.09. The number of aromatic nitrogens is 1. The van der Waals surface area contributed by atoms with Crippen LogP contribution in [-0.4, -0.2) is 39.5 Å². The molecule has 1 aromatic heterocycles. The van der Waals surface area contributed by atoms with E-state index in [1.54, 1.807) is 43.7 Å². The Labute approximate surface area is 156 Å². The van der Waals surface area contributed by atoms with Crippen molar-refractivity contribution in [3.05, 3.63) is 35.0 Å². The van der Waals surface area contributed by atoms with Gasteiger partial charge in [0.05, 0.1) is 0 Å². The molecule has 1 heterocycles. The first-order valence-corrected chi connectivity index (χ1v) is 8.58. The largest absolute Gasteiger partial charge is 0.480 e. The molecule has 0 aliphatic rings. The average Bonchev–Trinajstić information content (AvgIpc) is 2.87. The Morgan fingerprint density at radius 3 is 2.35 bits per heavy atom. The number of carboxylic acids is 1. The normalized spacial score (nSPS) is 13.5. The standard InChI is InChI=1S/C18H22ClN3O4/c1-9(2)15(18(25)26)21-16(23)10(3)20-17(24)14-8-11-7-12(19)5-6-13(11)22(14)4/h5-10,15H,1-4H3,(H,20,24)(H,21,23)(H,25,26). The van der Waals surface area contributed by atoms with Crippen LogP contribution in [0.25, 0.3) is 10.9 Å². The lowest BCUT2D eigenvalue weighted by Gasteiger charge is -2.21. The van der Waals surface area contributed by atoms with Gasteiger partial charge in [-0.3, -0.25) is 9.59 Å². The highest BCUT2D eigenvalue weighted by Crippen LogP contribution is 2.22. The van der Waals surface area contributed by atoms with Crippen LogP contribution in [0.4, 0.5) is 0 Å². The summed E-state index contributed by atoms with van der Waals surface area (Å²) in [6.07, 6.45) is 0. The third-order valence-electron chi connectivity index (χ3n) is 4.21. The van der Waals surface area contributed by atoms with E-state index in [2.05, 4.69) is 10.6 Å². The maximum absolute atomic E-state index is 12.5. The fourth-order valence-corrected chi connectivity index (χ4v) is 2.85. The zero-order valence-electron chi connectivity index (χ0n) is 15.0. The molecule has 0 fully saturated rings. The summed E-state index contributed by atoms with van der Waals surface area (Å²) in [6.45, 7) is 4.90. The molecular weight excluding hydrogens is 358 g/mol. The fraction of sp³-hybridized carbons (Fsp3) is 0.389. The smallest absolute Gasteiger partial charge is 0.326 e. The Kier molecular flexibility index (Phi) is 5.92. The molecule has 0 aliphatic heterocycles. The van der Waals surface area contributed by atoms with Crippen LogP contribution in [0.3, 0.4) is 0 Å². The van der Waals surface area contributed by atoms with Crippen molar-refractivity contribution in [2.45, 2.75) is 32.9 Å². The highest BCUT2D eigenvalue weighted by molar-refractivity contribution is 6.31. The molecule has 3 N–H and O–H groups in total. The van der Waals surface area contributed by atoms with Crippen molar-refractivity contribution < 1.29 is 19.5 Å². The first-order chi connectivity index (χ1) is 12.1. The van der Waals surface area contributed by atoms with Gasteiger partial charge in [0.1, 0.15) is 17.8 Å².